The SMILES string of the molecule is CCCC1CCCC(NCCCSC)CC1. The van der Waals surface area contributed by atoms with Gasteiger partial charge in [0.1, 0.15) is 0 Å². The molecule has 1 saturated carbocycles. The van der Waals surface area contributed by atoms with Crippen molar-refractivity contribution in [2.45, 2.75) is 64.3 Å². The normalized spacial score (nSPS) is 26.6. The van der Waals surface area contributed by atoms with Gasteiger partial charge in [-0.1, -0.05) is 32.6 Å². The third kappa shape index (κ3) is 6.15. The van der Waals surface area contributed by atoms with Crippen LogP contribution < -0.4 is 5.32 Å². The van der Waals surface area contributed by atoms with E-state index >= 15 is 0 Å². The molecule has 0 heterocycles. The van der Waals surface area contributed by atoms with Gasteiger partial charge >= 0.3 is 0 Å². The molecule has 16 heavy (non-hydrogen) atoms. The van der Waals surface area contributed by atoms with E-state index in [-0.39, 0.29) is 0 Å². The van der Waals surface area contributed by atoms with Crippen molar-refractivity contribution in [2.24, 2.45) is 5.92 Å². The Hall–Kier alpha value is 0.310. The Morgan fingerprint density at radius 1 is 1.19 bits per heavy atom. The van der Waals surface area contributed by atoms with Crippen molar-refractivity contribution in [3.05, 3.63) is 0 Å². The van der Waals surface area contributed by atoms with Gasteiger partial charge in [-0.15, -0.1) is 0 Å². The van der Waals surface area contributed by atoms with Crippen LogP contribution in [0.4, 0.5) is 0 Å². The molecule has 0 aromatic carbocycles. The highest BCUT2D eigenvalue weighted by atomic mass is 32.2. The van der Waals surface area contributed by atoms with Crippen LogP contribution in [0, 0.1) is 5.92 Å². The first-order chi connectivity index (χ1) is 7.86. The van der Waals surface area contributed by atoms with Gasteiger partial charge in [0.15, 0.2) is 0 Å². The Balaban J connectivity index is 2.10. The summed E-state index contributed by atoms with van der Waals surface area (Å²) in [7, 11) is 0. The van der Waals surface area contributed by atoms with E-state index in [9.17, 15) is 0 Å². The van der Waals surface area contributed by atoms with E-state index in [1.165, 1.54) is 63.7 Å². The van der Waals surface area contributed by atoms with Gasteiger partial charge in [0.25, 0.3) is 0 Å². The van der Waals surface area contributed by atoms with Gasteiger partial charge in [-0.2, -0.15) is 11.8 Å². The molecule has 0 radical (unpaired) electrons. The van der Waals surface area contributed by atoms with Crippen LogP contribution in [0.15, 0.2) is 0 Å². The van der Waals surface area contributed by atoms with E-state index in [0.29, 0.717) is 0 Å². The lowest BCUT2D eigenvalue weighted by atomic mass is 9.95. The Labute approximate surface area is 106 Å². The molecule has 0 aromatic rings. The fourth-order valence-electron chi connectivity index (χ4n) is 2.80. The summed E-state index contributed by atoms with van der Waals surface area (Å²) in [5.41, 5.74) is 0. The molecule has 0 bridgehead atoms. The minimum absolute atomic E-state index is 0.823. The van der Waals surface area contributed by atoms with Crippen molar-refractivity contribution in [3.63, 3.8) is 0 Å². The molecule has 1 N–H and O–H groups in total. The highest BCUT2D eigenvalue weighted by Crippen LogP contribution is 2.26. The summed E-state index contributed by atoms with van der Waals surface area (Å²) in [6.45, 7) is 3.55. The summed E-state index contributed by atoms with van der Waals surface area (Å²) in [6.07, 6.45) is 13.6. The van der Waals surface area contributed by atoms with Crippen LogP contribution in [0.2, 0.25) is 0 Å². The zero-order valence-corrected chi connectivity index (χ0v) is 12.0. The van der Waals surface area contributed by atoms with Crippen molar-refractivity contribution in [1.29, 1.82) is 0 Å². The molecule has 0 aliphatic heterocycles. The zero-order valence-electron chi connectivity index (χ0n) is 11.1. The molecule has 0 amide bonds. The predicted octanol–water partition coefficient (Wildman–Crippen LogP) is 4.08. The first-order valence-electron chi connectivity index (χ1n) is 7.09. The molecule has 2 atom stereocenters. The summed E-state index contributed by atoms with van der Waals surface area (Å²) >= 11 is 1.96. The minimum atomic E-state index is 0.823. The maximum absolute atomic E-state index is 3.75. The molecule has 0 saturated heterocycles. The second-order valence-corrected chi connectivity index (χ2v) is 6.15. The maximum Gasteiger partial charge on any atom is 0.00671 e. The molecule has 1 nitrogen and oxygen atoms in total. The molecular weight excluding hydrogens is 214 g/mol. The molecule has 96 valence electrons. The molecular formula is C14H29NS. The van der Waals surface area contributed by atoms with Crippen molar-refractivity contribution in [3.8, 4) is 0 Å². The van der Waals surface area contributed by atoms with Gasteiger partial charge in [0, 0.05) is 6.04 Å². The Morgan fingerprint density at radius 2 is 2.06 bits per heavy atom. The van der Waals surface area contributed by atoms with Gasteiger partial charge in [-0.05, 0) is 50.2 Å². The molecule has 1 aliphatic carbocycles. The van der Waals surface area contributed by atoms with Crippen LogP contribution in [0.5, 0.6) is 0 Å². The van der Waals surface area contributed by atoms with Crippen LogP contribution in [0.1, 0.15) is 58.3 Å². The van der Waals surface area contributed by atoms with Gasteiger partial charge in [-0.3, -0.25) is 0 Å². The fourth-order valence-corrected chi connectivity index (χ4v) is 3.24. The topological polar surface area (TPSA) is 12.0 Å². The van der Waals surface area contributed by atoms with Gasteiger partial charge in [-0.25, -0.2) is 0 Å². The summed E-state index contributed by atoms with van der Waals surface area (Å²) in [6, 6.07) is 0.823. The third-order valence-electron chi connectivity index (χ3n) is 3.74. The molecule has 2 unspecified atom stereocenters. The minimum Gasteiger partial charge on any atom is -0.314 e. The molecule has 0 aromatic heterocycles. The molecule has 1 aliphatic rings. The molecule has 1 fully saturated rings. The summed E-state index contributed by atoms with van der Waals surface area (Å²) in [5, 5.41) is 3.75. The summed E-state index contributed by atoms with van der Waals surface area (Å²) < 4.78 is 0. The van der Waals surface area contributed by atoms with E-state index in [4.69, 9.17) is 0 Å². The standard InChI is InChI=1S/C14H29NS/c1-3-6-13-7-4-8-14(10-9-13)15-11-5-12-16-2/h13-15H,3-12H2,1-2H3. The number of thioether (sulfide) groups is 1. The second kappa shape index (κ2) is 9.35. The lowest BCUT2D eigenvalue weighted by Gasteiger charge is -2.16. The second-order valence-electron chi connectivity index (χ2n) is 5.16. The number of hydrogen-bond donors (Lipinski definition) is 1. The number of hydrogen-bond acceptors (Lipinski definition) is 2. The van der Waals surface area contributed by atoms with Crippen molar-refractivity contribution in [2.75, 3.05) is 18.6 Å². The highest BCUT2D eigenvalue weighted by Gasteiger charge is 2.17. The first-order valence-corrected chi connectivity index (χ1v) is 8.48. The quantitative estimate of drug-likeness (QED) is 0.534. The van der Waals surface area contributed by atoms with Crippen molar-refractivity contribution >= 4 is 11.8 Å². The lowest BCUT2D eigenvalue weighted by molar-refractivity contribution is 0.410. The Kier molecular flexibility index (Phi) is 8.40. The Bertz CT molecular complexity index is 161. The van der Waals surface area contributed by atoms with Crippen molar-refractivity contribution < 1.29 is 0 Å². The number of rotatable bonds is 7. The third-order valence-corrected chi connectivity index (χ3v) is 4.44. The average Bonchev–Trinajstić information content (AvgIpc) is 2.51. The Morgan fingerprint density at radius 3 is 2.81 bits per heavy atom. The van der Waals surface area contributed by atoms with Crippen molar-refractivity contribution in [1.82, 2.24) is 5.32 Å². The predicted molar refractivity (Wildman–Crippen MR) is 76.3 cm³/mol. The van der Waals surface area contributed by atoms with E-state index in [1.54, 1.807) is 0 Å². The summed E-state index contributed by atoms with van der Waals surface area (Å²) in [5.74, 6) is 2.33. The fraction of sp³-hybridized carbons (Fsp3) is 1.00. The first kappa shape index (κ1) is 14.4. The average molecular weight is 243 g/mol. The molecule has 1 rings (SSSR count). The largest absolute Gasteiger partial charge is 0.314 e. The van der Waals surface area contributed by atoms with Gasteiger partial charge < -0.3 is 5.32 Å². The van der Waals surface area contributed by atoms with E-state index in [0.717, 1.165) is 12.0 Å². The molecule has 2 heteroatoms. The highest BCUT2D eigenvalue weighted by molar-refractivity contribution is 7.98. The van der Waals surface area contributed by atoms with E-state index in [1.807, 2.05) is 11.8 Å². The van der Waals surface area contributed by atoms with Crippen LogP contribution >= 0.6 is 11.8 Å². The smallest absolute Gasteiger partial charge is 0.00671 e. The summed E-state index contributed by atoms with van der Waals surface area (Å²) in [4.78, 5) is 0. The van der Waals surface area contributed by atoms with Gasteiger partial charge in [0.2, 0.25) is 0 Å². The van der Waals surface area contributed by atoms with E-state index in [2.05, 4.69) is 18.5 Å². The zero-order chi connectivity index (χ0) is 11.6. The number of nitrogens with one attached hydrogen (secondary N) is 1. The monoisotopic (exact) mass is 243 g/mol. The molecule has 0 spiro atoms. The van der Waals surface area contributed by atoms with Crippen LogP contribution in [-0.2, 0) is 0 Å². The van der Waals surface area contributed by atoms with Gasteiger partial charge in [0.05, 0.1) is 0 Å². The van der Waals surface area contributed by atoms with Crippen LogP contribution in [0.25, 0.3) is 0 Å². The van der Waals surface area contributed by atoms with Crippen LogP contribution in [0.3, 0.4) is 0 Å². The maximum atomic E-state index is 3.75. The van der Waals surface area contributed by atoms with E-state index < -0.39 is 0 Å². The lowest BCUT2D eigenvalue weighted by Crippen LogP contribution is -2.29. The van der Waals surface area contributed by atoms with Crippen LogP contribution in [-0.4, -0.2) is 24.6 Å².